The van der Waals surface area contributed by atoms with Gasteiger partial charge < -0.3 is 14.7 Å². The SMILES string of the molecule is Cc1cc(N2CCOc3ncnc4c3C2=N4)cc(C)c1-c1cnn(C(C)(C)C(=O)O)c1. The van der Waals surface area contributed by atoms with E-state index in [9.17, 15) is 9.90 Å². The molecule has 0 fully saturated rings. The van der Waals surface area contributed by atoms with E-state index < -0.39 is 11.5 Å². The number of carboxylic acids is 1. The van der Waals surface area contributed by atoms with Crippen LogP contribution in [-0.4, -0.2) is 49.8 Å². The Morgan fingerprint density at radius 2 is 1.90 bits per heavy atom. The fourth-order valence-corrected chi connectivity index (χ4v) is 4.05. The molecule has 0 radical (unpaired) electrons. The van der Waals surface area contributed by atoms with Gasteiger partial charge in [-0.1, -0.05) is 0 Å². The number of hydrogen-bond acceptors (Lipinski definition) is 7. The van der Waals surface area contributed by atoms with Gasteiger partial charge in [-0.3, -0.25) is 4.68 Å². The molecular formula is C22H22N6O3. The molecule has 0 bridgehead atoms. The van der Waals surface area contributed by atoms with Gasteiger partial charge in [0, 0.05) is 17.4 Å². The summed E-state index contributed by atoms with van der Waals surface area (Å²) < 4.78 is 7.28. The maximum atomic E-state index is 11.6. The number of aryl methyl sites for hydroxylation is 2. The fraction of sp³-hybridized carbons (Fsp3) is 0.318. The first-order valence-corrected chi connectivity index (χ1v) is 10.0. The average molecular weight is 418 g/mol. The summed E-state index contributed by atoms with van der Waals surface area (Å²) in [5, 5.41) is 13.8. The van der Waals surface area contributed by atoms with Gasteiger partial charge in [0.15, 0.2) is 17.2 Å². The topological polar surface area (TPSA) is 106 Å². The minimum Gasteiger partial charge on any atom is -0.479 e. The van der Waals surface area contributed by atoms with Crippen LogP contribution in [0.2, 0.25) is 0 Å². The molecule has 2 aliphatic rings. The standard InChI is InChI=1S/C22H22N6O3/c1-12-7-15(27-5-6-31-20-17-18(23-11-24-20)26-19(17)27)8-13(2)16(12)14-9-25-28(10-14)22(3,4)21(29)30/h7-11H,5-6H2,1-4H3,(H,29,30). The highest BCUT2D eigenvalue weighted by molar-refractivity contribution is 6.20. The Bertz CT molecular complexity index is 1240. The third-order valence-corrected chi connectivity index (χ3v) is 5.83. The van der Waals surface area contributed by atoms with Crippen LogP contribution in [0.5, 0.6) is 5.88 Å². The molecule has 2 aromatic heterocycles. The first-order valence-electron chi connectivity index (χ1n) is 10.0. The van der Waals surface area contributed by atoms with E-state index in [-0.39, 0.29) is 0 Å². The van der Waals surface area contributed by atoms with Gasteiger partial charge in [-0.15, -0.1) is 0 Å². The molecule has 9 nitrogen and oxygen atoms in total. The van der Waals surface area contributed by atoms with Crippen molar-refractivity contribution in [3.63, 3.8) is 0 Å². The van der Waals surface area contributed by atoms with Crippen LogP contribution in [0.3, 0.4) is 0 Å². The van der Waals surface area contributed by atoms with E-state index in [1.54, 1.807) is 26.2 Å². The fourth-order valence-electron chi connectivity index (χ4n) is 4.05. The van der Waals surface area contributed by atoms with Crippen molar-refractivity contribution in [3.8, 4) is 17.0 Å². The Kier molecular flexibility index (Phi) is 4.11. The van der Waals surface area contributed by atoms with Crippen LogP contribution in [0.4, 0.5) is 11.5 Å². The van der Waals surface area contributed by atoms with Crippen molar-refractivity contribution in [1.29, 1.82) is 0 Å². The van der Waals surface area contributed by atoms with Crippen molar-refractivity contribution < 1.29 is 14.6 Å². The number of aromatic nitrogens is 4. The van der Waals surface area contributed by atoms with Crippen molar-refractivity contribution in [2.75, 3.05) is 18.1 Å². The molecule has 31 heavy (non-hydrogen) atoms. The van der Waals surface area contributed by atoms with Crippen molar-refractivity contribution in [2.45, 2.75) is 33.2 Å². The maximum absolute atomic E-state index is 11.6. The normalized spacial score (nSPS) is 14.8. The number of nitrogens with zero attached hydrogens (tertiary/aromatic N) is 6. The van der Waals surface area contributed by atoms with Crippen molar-refractivity contribution in [3.05, 3.63) is 47.5 Å². The number of carbonyl (C=O) groups is 1. The van der Waals surface area contributed by atoms with Gasteiger partial charge in [-0.05, 0) is 56.5 Å². The molecule has 5 rings (SSSR count). The van der Waals surface area contributed by atoms with E-state index in [1.807, 2.05) is 13.8 Å². The molecule has 4 heterocycles. The van der Waals surface area contributed by atoms with Crippen LogP contribution in [0, 0.1) is 13.8 Å². The molecule has 0 atom stereocenters. The van der Waals surface area contributed by atoms with E-state index in [2.05, 4.69) is 37.1 Å². The van der Waals surface area contributed by atoms with Gasteiger partial charge in [0.05, 0.1) is 12.7 Å². The second-order valence-corrected chi connectivity index (χ2v) is 8.31. The number of benzene rings is 1. The lowest BCUT2D eigenvalue weighted by Gasteiger charge is -2.29. The van der Waals surface area contributed by atoms with E-state index in [1.165, 1.54) is 11.0 Å². The van der Waals surface area contributed by atoms with Gasteiger partial charge in [0.25, 0.3) is 0 Å². The van der Waals surface area contributed by atoms with E-state index in [0.29, 0.717) is 24.8 Å². The Labute approximate surface area is 179 Å². The summed E-state index contributed by atoms with van der Waals surface area (Å²) in [6.45, 7) is 8.50. The summed E-state index contributed by atoms with van der Waals surface area (Å²) in [5.74, 6) is 1.13. The first-order chi connectivity index (χ1) is 14.8. The lowest BCUT2D eigenvalue weighted by Crippen LogP contribution is -2.36. The average Bonchev–Trinajstić information content (AvgIpc) is 3.10. The highest BCUT2D eigenvalue weighted by Crippen LogP contribution is 2.39. The number of hydrogen-bond donors (Lipinski definition) is 1. The lowest BCUT2D eigenvalue weighted by molar-refractivity contribution is -0.146. The zero-order valence-corrected chi connectivity index (χ0v) is 17.7. The Hall–Kier alpha value is -3.75. The van der Waals surface area contributed by atoms with Crippen LogP contribution in [0.25, 0.3) is 11.1 Å². The quantitative estimate of drug-likeness (QED) is 0.694. The number of anilines is 1. The Balaban J connectivity index is 1.52. The Morgan fingerprint density at radius 3 is 2.61 bits per heavy atom. The first kappa shape index (κ1) is 19.2. The molecule has 0 amide bonds. The van der Waals surface area contributed by atoms with Crippen molar-refractivity contribution >= 4 is 23.3 Å². The number of aliphatic carboxylic acids is 1. The van der Waals surface area contributed by atoms with Crippen LogP contribution >= 0.6 is 0 Å². The molecule has 9 heteroatoms. The predicted molar refractivity (Wildman–Crippen MR) is 115 cm³/mol. The molecule has 0 saturated carbocycles. The molecule has 1 N–H and O–H groups in total. The van der Waals surface area contributed by atoms with E-state index >= 15 is 0 Å². The van der Waals surface area contributed by atoms with Gasteiger partial charge in [0.2, 0.25) is 5.88 Å². The number of carboxylic acid groups (broad SMARTS) is 1. The third-order valence-electron chi connectivity index (χ3n) is 5.83. The molecule has 0 spiro atoms. The number of rotatable bonds is 4. The van der Waals surface area contributed by atoms with E-state index in [0.717, 1.165) is 39.3 Å². The summed E-state index contributed by atoms with van der Waals surface area (Å²) in [4.78, 5) is 26.7. The summed E-state index contributed by atoms with van der Waals surface area (Å²) in [5.41, 5.74) is 4.81. The zero-order chi connectivity index (χ0) is 21.9. The minimum atomic E-state index is -1.12. The number of ether oxygens (including phenoxy) is 1. The van der Waals surface area contributed by atoms with Gasteiger partial charge >= 0.3 is 5.97 Å². The maximum Gasteiger partial charge on any atom is 0.331 e. The molecule has 0 saturated heterocycles. The van der Waals surface area contributed by atoms with Crippen LogP contribution in [-0.2, 0) is 10.3 Å². The Morgan fingerprint density at radius 1 is 1.16 bits per heavy atom. The highest BCUT2D eigenvalue weighted by Gasteiger charge is 2.34. The summed E-state index contributed by atoms with van der Waals surface area (Å²) in [7, 11) is 0. The molecule has 0 aliphatic carbocycles. The largest absolute Gasteiger partial charge is 0.479 e. The van der Waals surface area contributed by atoms with Gasteiger partial charge in [-0.25, -0.2) is 19.8 Å². The van der Waals surface area contributed by atoms with Crippen LogP contribution < -0.4 is 9.64 Å². The van der Waals surface area contributed by atoms with Crippen molar-refractivity contribution in [1.82, 2.24) is 19.7 Å². The lowest BCUT2D eigenvalue weighted by atomic mass is 9.96. The van der Waals surface area contributed by atoms with Crippen molar-refractivity contribution in [2.24, 2.45) is 4.99 Å². The monoisotopic (exact) mass is 418 g/mol. The summed E-state index contributed by atoms with van der Waals surface area (Å²) in [6.07, 6.45) is 4.98. The number of aliphatic imine (C=N–C) groups is 1. The second-order valence-electron chi connectivity index (χ2n) is 8.31. The molecular weight excluding hydrogens is 396 g/mol. The molecule has 158 valence electrons. The number of amidine groups is 1. The molecule has 2 aliphatic heterocycles. The smallest absolute Gasteiger partial charge is 0.331 e. The zero-order valence-electron chi connectivity index (χ0n) is 17.7. The summed E-state index contributed by atoms with van der Waals surface area (Å²) >= 11 is 0. The second kappa shape index (κ2) is 6.63. The van der Waals surface area contributed by atoms with E-state index in [4.69, 9.17) is 4.74 Å². The predicted octanol–water partition coefficient (Wildman–Crippen LogP) is 3.07. The van der Waals surface area contributed by atoms with Crippen LogP contribution in [0.1, 0.15) is 30.5 Å². The molecule has 3 aromatic rings. The summed E-state index contributed by atoms with van der Waals surface area (Å²) in [6, 6.07) is 4.22. The minimum absolute atomic E-state index is 0.499. The third kappa shape index (κ3) is 2.88. The van der Waals surface area contributed by atoms with Gasteiger partial charge in [-0.2, -0.15) is 5.10 Å². The highest BCUT2D eigenvalue weighted by atomic mass is 16.5. The van der Waals surface area contributed by atoms with Crippen LogP contribution in [0.15, 0.2) is 35.8 Å². The molecule has 1 aromatic carbocycles. The van der Waals surface area contributed by atoms with Gasteiger partial charge in [0.1, 0.15) is 18.5 Å². The molecule has 0 unspecified atom stereocenters.